The number of halogens is 3. The molecule has 2 N–H and O–H groups in total. The van der Waals surface area contributed by atoms with Crippen LogP contribution in [-0.2, 0) is 9.53 Å². The van der Waals surface area contributed by atoms with Gasteiger partial charge in [0.1, 0.15) is 12.8 Å². The first-order valence-electron chi connectivity index (χ1n) is 8.63. The highest BCUT2D eigenvalue weighted by atomic mass is 19.3. The van der Waals surface area contributed by atoms with Crippen molar-refractivity contribution in [3.8, 4) is 11.1 Å². The summed E-state index contributed by atoms with van der Waals surface area (Å²) in [5.74, 6) is -1.64. The molecule has 1 aliphatic rings. The Morgan fingerprint density at radius 3 is 2.39 bits per heavy atom. The van der Waals surface area contributed by atoms with Crippen molar-refractivity contribution in [2.45, 2.75) is 24.6 Å². The third kappa shape index (κ3) is 4.26. The predicted molar refractivity (Wildman–Crippen MR) is 94.9 cm³/mol. The Morgan fingerprint density at radius 1 is 1.21 bits per heavy atom. The molecule has 150 valence electrons. The summed E-state index contributed by atoms with van der Waals surface area (Å²) in [5.41, 5.74) is 1.44. The molecule has 1 saturated heterocycles. The highest BCUT2D eigenvalue weighted by molar-refractivity contribution is 5.79. The molecule has 28 heavy (non-hydrogen) atoms. The maximum Gasteiger partial charge on any atom is 0.315 e. The van der Waals surface area contributed by atoms with E-state index < -0.39 is 31.2 Å². The largest absolute Gasteiger partial charge is 0.386 e. The second kappa shape index (κ2) is 8.57. The van der Waals surface area contributed by atoms with E-state index in [1.807, 2.05) is 0 Å². The number of hydrogen-bond acceptors (Lipinski definition) is 4. The van der Waals surface area contributed by atoms with E-state index in [1.165, 1.54) is 18.2 Å². The topological polar surface area (TPSA) is 80.6 Å². The lowest BCUT2D eigenvalue weighted by Gasteiger charge is -2.27. The van der Waals surface area contributed by atoms with Crippen LogP contribution in [0, 0.1) is 0 Å². The molecule has 0 bridgehead atoms. The first-order valence-corrected chi connectivity index (χ1v) is 8.63. The van der Waals surface area contributed by atoms with Crippen LogP contribution in [-0.4, -0.2) is 47.9 Å². The number of ether oxygens (including phenoxy) is 1. The van der Waals surface area contributed by atoms with E-state index in [-0.39, 0.29) is 17.2 Å². The molecule has 1 amide bonds. The molecule has 2 atom stereocenters. The molecule has 1 aliphatic heterocycles. The van der Waals surface area contributed by atoms with Gasteiger partial charge in [0.15, 0.2) is 0 Å². The number of carbonyl (C=O) groups is 1. The lowest BCUT2D eigenvalue weighted by Crippen LogP contribution is -2.43. The van der Waals surface area contributed by atoms with Gasteiger partial charge in [0.25, 0.3) is 11.5 Å². The molecule has 0 radical (unpaired) electrons. The number of nitrogens with one attached hydrogen (secondary N) is 1. The Kier molecular flexibility index (Phi) is 6.15. The van der Waals surface area contributed by atoms with Crippen molar-refractivity contribution in [1.29, 1.82) is 0 Å². The second-order valence-electron chi connectivity index (χ2n) is 6.49. The molecule has 0 saturated carbocycles. The number of aliphatic hydroxyl groups excluding tert-OH is 1. The Labute approximate surface area is 158 Å². The Bertz CT molecular complexity index is 881. The smallest absolute Gasteiger partial charge is 0.315 e. The van der Waals surface area contributed by atoms with Crippen molar-refractivity contribution in [3.05, 3.63) is 58.5 Å². The Morgan fingerprint density at radius 2 is 1.89 bits per heavy atom. The van der Waals surface area contributed by atoms with Gasteiger partial charge in [0.2, 0.25) is 0 Å². The molecular formula is C19H19F3N2O4. The fourth-order valence-electron chi connectivity index (χ4n) is 2.91. The molecule has 1 aromatic heterocycles. The normalized spacial score (nSPS) is 16.5. The summed E-state index contributed by atoms with van der Waals surface area (Å²) < 4.78 is 44.4. The molecule has 1 aromatic carbocycles. The molecule has 2 heterocycles. The number of aromatic nitrogens is 1. The van der Waals surface area contributed by atoms with Crippen LogP contribution in [0.2, 0.25) is 0 Å². The average Bonchev–Trinajstić information content (AvgIpc) is 2.65. The summed E-state index contributed by atoms with van der Waals surface area (Å²) in [6.45, 7) is -0.197. The number of aliphatic hydroxyl groups is 1. The van der Waals surface area contributed by atoms with E-state index in [9.17, 15) is 27.9 Å². The van der Waals surface area contributed by atoms with Crippen molar-refractivity contribution in [3.63, 3.8) is 0 Å². The first-order chi connectivity index (χ1) is 13.4. The predicted octanol–water partition coefficient (Wildman–Crippen LogP) is 1.84. The van der Waals surface area contributed by atoms with Crippen molar-refractivity contribution >= 4 is 5.91 Å². The van der Waals surface area contributed by atoms with Crippen LogP contribution in [0.1, 0.15) is 17.7 Å². The third-order valence-corrected chi connectivity index (χ3v) is 4.62. The number of pyridine rings is 1. The zero-order valence-electron chi connectivity index (χ0n) is 14.7. The van der Waals surface area contributed by atoms with Gasteiger partial charge in [-0.05, 0) is 22.8 Å². The molecule has 1 fully saturated rings. The van der Waals surface area contributed by atoms with Gasteiger partial charge in [0.05, 0.1) is 25.3 Å². The second-order valence-corrected chi connectivity index (χ2v) is 6.49. The van der Waals surface area contributed by atoms with Gasteiger partial charge in [-0.15, -0.1) is 0 Å². The van der Waals surface area contributed by atoms with Crippen molar-refractivity contribution in [2.75, 3.05) is 19.9 Å². The maximum atomic E-state index is 13.1. The SMILES string of the molecule is O=C(N[C@H](CF)[C@@H](O)c1ccc(-c2ccn(C3COC3)c(=O)c2)cc1)C(F)F. The van der Waals surface area contributed by atoms with Crippen LogP contribution in [0.5, 0.6) is 0 Å². The number of rotatable bonds is 7. The van der Waals surface area contributed by atoms with Gasteiger partial charge in [-0.3, -0.25) is 9.59 Å². The highest BCUT2D eigenvalue weighted by Gasteiger charge is 2.26. The highest BCUT2D eigenvalue weighted by Crippen LogP contribution is 2.24. The number of hydrogen-bond donors (Lipinski definition) is 2. The Hall–Kier alpha value is -2.65. The van der Waals surface area contributed by atoms with Gasteiger partial charge in [-0.1, -0.05) is 24.3 Å². The summed E-state index contributed by atoms with van der Waals surface area (Å²) in [4.78, 5) is 23.3. The number of benzene rings is 1. The standard InChI is InChI=1S/C19H19F3N2O4/c20-8-15(23-19(27)18(21)22)17(26)12-3-1-11(2-4-12)13-5-6-24(16(25)7-13)14-9-28-10-14/h1-7,14-15,17-18,26H,8-10H2,(H,23,27)/t15-,17+/m1/s1. The fourth-order valence-corrected chi connectivity index (χ4v) is 2.91. The van der Waals surface area contributed by atoms with Crippen LogP contribution in [0.4, 0.5) is 13.2 Å². The quantitative estimate of drug-likeness (QED) is 0.749. The third-order valence-electron chi connectivity index (χ3n) is 4.62. The van der Waals surface area contributed by atoms with E-state index in [0.29, 0.717) is 24.3 Å². The number of carbonyl (C=O) groups excluding carboxylic acids is 1. The summed E-state index contributed by atoms with van der Waals surface area (Å²) in [6.07, 6.45) is -3.10. The van der Waals surface area contributed by atoms with Crippen molar-refractivity contribution in [1.82, 2.24) is 9.88 Å². The number of alkyl halides is 3. The lowest BCUT2D eigenvalue weighted by molar-refractivity contribution is -0.133. The van der Waals surface area contributed by atoms with Crippen LogP contribution >= 0.6 is 0 Å². The van der Waals surface area contributed by atoms with E-state index in [1.54, 1.807) is 34.3 Å². The Balaban J connectivity index is 1.74. The van der Waals surface area contributed by atoms with Gasteiger partial charge in [-0.2, -0.15) is 8.78 Å². The van der Waals surface area contributed by atoms with Crippen LogP contribution in [0.15, 0.2) is 47.4 Å². The monoisotopic (exact) mass is 396 g/mol. The van der Waals surface area contributed by atoms with Crippen LogP contribution in [0.25, 0.3) is 11.1 Å². The fraction of sp³-hybridized carbons (Fsp3) is 0.368. The van der Waals surface area contributed by atoms with Gasteiger partial charge >= 0.3 is 6.43 Å². The number of amides is 1. The number of nitrogens with zero attached hydrogens (tertiary/aromatic N) is 1. The van der Waals surface area contributed by atoms with E-state index in [2.05, 4.69) is 0 Å². The van der Waals surface area contributed by atoms with Gasteiger partial charge in [-0.25, -0.2) is 4.39 Å². The molecule has 0 unspecified atom stereocenters. The first kappa shape index (κ1) is 20.1. The van der Waals surface area contributed by atoms with E-state index in [4.69, 9.17) is 4.74 Å². The molecule has 0 aliphatic carbocycles. The molecule has 3 rings (SSSR count). The van der Waals surface area contributed by atoms with E-state index in [0.717, 1.165) is 0 Å². The summed E-state index contributed by atoms with van der Waals surface area (Å²) in [5, 5.41) is 12.0. The zero-order valence-corrected chi connectivity index (χ0v) is 14.7. The molecule has 6 nitrogen and oxygen atoms in total. The average molecular weight is 396 g/mol. The minimum absolute atomic E-state index is 0.0418. The molecule has 9 heteroatoms. The molecule has 2 aromatic rings. The minimum Gasteiger partial charge on any atom is -0.386 e. The van der Waals surface area contributed by atoms with Gasteiger partial charge < -0.3 is 19.7 Å². The van der Waals surface area contributed by atoms with Crippen LogP contribution < -0.4 is 10.9 Å². The maximum absolute atomic E-state index is 13.1. The van der Waals surface area contributed by atoms with Crippen molar-refractivity contribution in [2.24, 2.45) is 0 Å². The van der Waals surface area contributed by atoms with E-state index >= 15 is 0 Å². The summed E-state index contributed by atoms with van der Waals surface area (Å²) in [7, 11) is 0. The van der Waals surface area contributed by atoms with Crippen LogP contribution in [0.3, 0.4) is 0 Å². The molecular weight excluding hydrogens is 377 g/mol. The minimum atomic E-state index is -3.29. The van der Waals surface area contributed by atoms with Gasteiger partial charge in [0, 0.05) is 12.3 Å². The lowest BCUT2D eigenvalue weighted by atomic mass is 9.99. The molecule has 0 spiro atoms. The summed E-state index contributed by atoms with van der Waals surface area (Å²) >= 11 is 0. The van der Waals surface area contributed by atoms with Crippen molar-refractivity contribution < 1.29 is 27.8 Å². The summed E-state index contributed by atoms with van der Waals surface area (Å²) in [6, 6.07) is 8.03. The zero-order chi connectivity index (χ0) is 20.3.